The van der Waals surface area contributed by atoms with Gasteiger partial charge in [-0.3, -0.25) is 14.3 Å². The first kappa shape index (κ1) is 15.5. The van der Waals surface area contributed by atoms with Gasteiger partial charge in [-0.25, -0.2) is 0 Å². The topological polar surface area (TPSA) is 84.2 Å². The van der Waals surface area contributed by atoms with Crippen LogP contribution in [-0.4, -0.2) is 26.8 Å². The minimum Gasteiger partial charge on any atom is -0.481 e. The van der Waals surface area contributed by atoms with Gasteiger partial charge in [0.05, 0.1) is 17.5 Å². The normalized spacial score (nSPS) is 22.0. The molecule has 0 spiro atoms. The van der Waals surface area contributed by atoms with Crippen molar-refractivity contribution in [2.45, 2.75) is 45.6 Å². The molecule has 2 atom stereocenters. The van der Waals surface area contributed by atoms with E-state index in [1.54, 1.807) is 4.68 Å². The van der Waals surface area contributed by atoms with Crippen LogP contribution in [0.3, 0.4) is 0 Å². The number of carboxylic acids is 1. The maximum absolute atomic E-state index is 12.3. The van der Waals surface area contributed by atoms with Crippen LogP contribution in [0.15, 0.2) is 6.20 Å². The fourth-order valence-electron chi connectivity index (χ4n) is 3.08. The van der Waals surface area contributed by atoms with E-state index in [-0.39, 0.29) is 5.91 Å². The highest BCUT2D eigenvalue weighted by Gasteiger charge is 2.35. The van der Waals surface area contributed by atoms with Crippen molar-refractivity contribution in [3.63, 3.8) is 0 Å². The number of hydrogen-bond donors (Lipinski definition) is 2. The summed E-state index contributed by atoms with van der Waals surface area (Å²) < 4.78 is 1.74. The second kappa shape index (κ2) is 6.74. The fraction of sp³-hybridized carbons (Fsp3) is 0.667. The maximum Gasteiger partial charge on any atom is 0.307 e. The third-order valence-electron chi connectivity index (χ3n) is 4.20. The van der Waals surface area contributed by atoms with E-state index >= 15 is 0 Å². The third-order valence-corrected chi connectivity index (χ3v) is 4.20. The minimum atomic E-state index is -0.856. The molecule has 1 saturated carbocycles. The van der Waals surface area contributed by atoms with Gasteiger partial charge in [-0.05, 0) is 19.3 Å². The molecule has 21 heavy (non-hydrogen) atoms. The Balaban J connectivity index is 1.98. The summed E-state index contributed by atoms with van der Waals surface area (Å²) in [6.07, 6.45) is 5.79. The van der Waals surface area contributed by atoms with E-state index in [9.17, 15) is 14.7 Å². The lowest BCUT2D eigenvalue weighted by Crippen LogP contribution is -2.39. The van der Waals surface area contributed by atoms with E-state index in [0.29, 0.717) is 19.4 Å². The minimum absolute atomic E-state index is 0.145. The number of rotatable bonds is 5. The highest BCUT2D eigenvalue weighted by molar-refractivity contribution is 5.84. The molecule has 0 saturated heterocycles. The van der Waals surface area contributed by atoms with Gasteiger partial charge >= 0.3 is 5.97 Å². The summed E-state index contributed by atoms with van der Waals surface area (Å²) in [6.45, 7) is 2.44. The molecule has 1 aromatic heterocycles. The number of hydrogen-bond acceptors (Lipinski definition) is 3. The molecule has 2 unspecified atom stereocenters. The number of nitrogens with zero attached hydrogens (tertiary/aromatic N) is 2. The number of amides is 1. The molecule has 0 aromatic carbocycles. The van der Waals surface area contributed by atoms with E-state index < -0.39 is 17.8 Å². The summed E-state index contributed by atoms with van der Waals surface area (Å²) in [6, 6.07) is 0. The smallest absolute Gasteiger partial charge is 0.307 e. The molecule has 0 bridgehead atoms. The molecule has 6 heteroatoms. The second-order valence-electron chi connectivity index (χ2n) is 5.68. The molecule has 1 aliphatic rings. The summed E-state index contributed by atoms with van der Waals surface area (Å²) in [7, 11) is 1.85. The predicted molar refractivity (Wildman–Crippen MR) is 77.5 cm³/mol. The number of aromatic nitrogens is 2. The Hall–Kier alpha value is -1.85. The molecular weight excluding hydrogens is 270 g/mol. The van der Waals surface area contributed by atoms with Crippen LogP contribution in [-0.2, 0) is 29.6 Å². The lowest BCUT2D eigenvalue weighted by molar-refractivity contribution is -0.148. The van der Waals surface area contributed by atoms with Crippen LogP contribution in [0.5, 0.6) is 0 Å². The first-order valence-corrected chi connectivity index (χ1v) is 7.54. The van der Waals surface area contributed by atoms with E-state index in [1.807, 2.05) is 20.2 Å². The molecule has 1 amide bonds. The van der Waals surface area contributed by atoms with Crippen molar-refractivity contribution in [3.05, 3.63) is 17.5 Å². The Labute approximate surface area is 124 Å². The summed E-state index contributed by atoms with van der Waals surface area (Å²) in [5, 5.41) is 16.5. The van der Waals surface area contributed by atoms with Crippen LogP contribution in [0.1, 0.15) is 43.9 Å². The predicted octanol–water partition coefficient (Wildman–Crippen LogP) is 1.49. The van der Waals surface area contributed by atoms with Gasteiger partial charge < -0.3 is 10.4 Å². The Morgan fingerprint density at radius 1 is 1.38 bits per heavy atom. The van der Waals surface area contributed by atoms with Crippen LogP contribution in [0.25, 0.3) is 0 Å². The quantitative estimate of drug-likeness (QED) is 0.861. The Morgan fingerprint density at radius 2 is 2.05 bits per heavy atom. The van der Waals surface area contributed by atoms with E-state index in [4.69, 9.17) is 0 Å². The first-order chi connectivity index (χ1) is 10.0. The highest BCUT2D eigenvalue weighted by atomic mass is 16.4. The lowest BCUT2D eigenvalue weighted by Gasteiger charge is -2.27. The molecule has 0 aliphatic heterocycles. The molecule has 116 valence electrons. The number of aliphatic carboxylic acids is 1. The molecule has 2 rings (SSSR count). The SMILES string of the molecule is CCc1nn(C)cc1CNC(=O)C1CCCCC1C(=O)O. The van der Waals surface area contributed by atoms with Gasteiger partial charge in [0.25, 0.3) is 0 Å². The number of aryl methyl sites for hydroxylation is 2. The Kier molecular flexibility index (Phi) is 4.98. The Morgan fingerprint density at radius 3 is 2.67 bits per heavy atom. The largest absolute Gasteiger partial charge is 0.481 e. The molecular formula is C15H23N3O3. The number of carboxylic acid groups (broad SMARTS) is 1. The van der Waals surface area contributed by atoms with Crippen molar-refractivity contribution in [1.29, 1.82) is 0 Å². The van der Waals surface area contributed by atoms with Crippen LogP contribution >= 0.6 is 0 Å². The third kappa shape index (κ3) is 3.62. The van der Waals surface area contributed by atoms with Crippen LogP contribution in [0, 0.1) is 11.8 Å². The van der Waals surface area contributed by atoms with Gasteiger partial charge in [0.1, 0.15) is 0 Å². The molecule has 2 N–H and O–H groups in total. The van der Waals surface area contributed by atoms with Gasteiger partial charge in [-0.15, -0.1) is 0 Å². The zero-order valence-electron chi connectivity index (χ0n) is 12.6. The molecule has 6 nitrogen and oxygen atoms in total. The lowest BCUT2D eigenvalue weighted by atomic mass is 9.78. The molecule has 1 heterocycles. The first-order valence-electron chi connectivity index (χ1n) is 7.54. The maximum atomic E-state index is 12.3. The van der Waals surface area contributed by atoms with Crippen molar-refractivity contribution >= 4 is 11.9 Å². The van der Waals surface area contributed by atoms with Crippen molar-refractivity contribution in [1.82, 2.24) is 15.1 Å². The molecule has 1 aliphatic carbocycles. The zero-order valence-corrected chi connectivity index (χ0v) is 12.6. The van der Waals surface area contributed by atoms with E-state index in [0.717, 1.165) is 30.5 Å². The summed E-state index contributed by atoms with van der Waals surface area (Å²) in [4.78, 5) is 23.5. The van der Waals surface area contributed by atoms with E-state index in [2.05, 4.69) is 10.4 Å². The van der Waals surface area contributed by atoms with Crippen LogP contribution in [0.2, 0.25) is 0 Å². The van der Waals surface area contributed by atoms with Crippen molar-refractivity contribution < 1.29 is 14.7 Å². The molecule has 1 fully saturated rings. The van der Waals surface area contributed by atoms with Crippen molar-refractivity contribution in [2.75, 3.05) is 0 Å². The summed E-state index contributed by atoms with van der Waals surface area (Å²) in [5.74, 6) is -1.95. The standard InChI is InChI=1S/C15H23N3O3/c1-3-13-10(9-18(2)17-13)8-16-14(19)11-6-4-5-7-12(11)15(20)21/h9,11-12H,3-8H2,1-2H3,(H,16,19)(H,20,21). The van der Waals surface area contributed by atoms with E-state index in [1.165, 1.54) is 0 Å². The zero-order chi connectivity index (χ0) is 15.4. The van der Waals surface area contributed by atoms with Crippen LogP contribution < -0.4 is 5.32 Å². The van der Waals surface area contributed by atoms with Crippen molar-refractivity contribution in [2.24, 2.45) is 18.9 Å². The van der Waals surface area contributed by atoms with Gasteiger partial charge in [-0.1, -0.05) is 19.8 Å². The summed E-state index contributed by atoms with van der Waals surface area (Å²) >= 11 is 0. The fourth-order valence-corrected chi connectivity index (χ4v) is 3.08. The van der Waals surface area contributed by atoms with Crippen molar-refractivity contribution in [3.8, 4) is 0 Å². The summed E-state index contributed by atoms with van der Waals surface area (Å²) in [5.41, 5.74) is 1.97. The number of carbonyl (C=O) groups excluding carboxylic acids is 1. The van der Waals surface area contributed by atoms with Gasteiger partial charge in [0.15, 0.2) is 0 Å². The molecule has 0 radical (unpaired) electrons. The number of nitrogens with one attached hydrogen (secondary N) is 1. The number of carbonyl (C=O) groups is 2. The average molecular weight is 293 g/mol. The van der Waals surface area contributed by atoms with Crippen LogP contribution in [0.4, 0.5) is 0 Å². The molecule has 1 aromatic rings. The van der Waals surface area contributed by atoms with Gasteiger partial charge in [-0.2, -0.15) is 5.10 Å². The monoisotopic (exact) mass is 293 g/mol. The second-order valence-corrected chi connectivity index (χ2v) is 5.68. The van der Waals surface area contributed by atoms with Gasteiger partial charge in [0, 0.05) is 25.4 Å². The highest BCUT2D eigenvalue weighted by Crippen LogP contribution is 2.30. The average Bonchev–Trinajstić information content (AvgIpc) is 2.84. The Bertz CT molecular complexity index is 524. The van der Waals surface area contributed by atoms with Gasteiger partial charge in [0.2, 0.25) is 5.91 Å².